The molecule has 0 aromatic heterocycles. The molecular weight excluding hydrogens is 243 g/mol. The number of piperazine rings is 1. The summed E-state index contributed by atoms with van der Waals surface area (Å²) in [5.41, 5.74) is 0. The van der Waals surface area contributed by atoms with Crippen molar-refractivity contribution in [1.29, 1.82) is 0 Å². The molecule has 1 unspecified atom stereocenters. The molecule has 18 heavy (non-hydrogen) atoms. The molecule has 3 nitrogen and oxygen atoms in total. The third-order valence-electron chi connectivity index (χ3n) is 4.14. The predicted octanol–water partition coefficient (Wildman–Crippen LogP) is 1.31. The van der Waals surface area contributed by atoms with E-state index in [0.717, 1.165) is 32.5 Å². The molecule has 1 N–H and O–H groups in total. The van der Waals surface area contributed by atoms with Crippen molar-refractivity contribution in [3.8, 4) is 0 Å². The molecule has 2 rings (SSSR count). The molecule has 2 heterocycles. The highest BCUT2D eigenvalue weighted by atomic mass is 19.4. The maximum atomic E-state index is 13.0. The fourth-order valence-electron chi connectivity index (χ4n) is 3.03. The van der Waals surface area contributed by atoms with E-state index in [1.54, 1.807) is 4.90 Å². The fourth-order valence-corrected chi connectivity index (χ4v) is 3.03. The maximum absolute atomic E-state index is 13.0. The molecule has 0 aromatic carbocycles. The fraction of sp³-hybridized carbons (Fsp3) is 1.00. The summed E-state index contributed by atoms with van der Waals surface area (Å²) in [5, 5.41) is 2.86. The average molecular weight is 265 g/mol. The summed E-state index contributed by atoms with van der Waals surface area (Å²) in [7, 11) is 0. The summed E-state index contributed by atoms with van der Waals surface area (Å²) in [6.45, 7) is 6.17. The third kappa shape index (κ3) is 3.16. The van der Waals surface area contributed by atoms with E-state index in [0.29, 0.717) is 13.1 Å². The molecule has 0 radical (unpaired) electrons. The van der Waals surface area contributed by atoms with Crippen molar-refractivity contribution in [2.75, 3.05) is 39.3 Å². The summed E-state index contributed by atoms with van der Waals surface area (Å²) in [6, 6.07) is -1.20. The normalized spacial score (nSPS) is 29.7. The lowest BCUT2D eigenvalue weighted by atomic mass is 9.99. The lowest BCUT2D eigenvalue weighted by molar-refractivity contribution is -0.195. The Labute approximate surface area is 106 Å². The van der Waals surface area contributed by atoms with Crippen molar-refractivity contribution in [3.05, 3.63) is 0 Å². The second kappa shape index (κ2) is 5.75. The molecule has 1 atom stereocenters. The first kappa shape index (κ1) is 14.1. The molecule has 0 spiro atoms. The Morgan fingerprint density at radius 2 is 1.83 bits per heavy atom. The first-order chi connectivity index (χ1) is 8.52. The molecule has 0 aromatic rings. The lowest BCUT2D eigenvalue weighted by Gasteiger charge is -2.45. The molecule has 2 aliphatic rings. The van der Waals surface area contributed by atoms with Crippen molar-refractivity contribution in [1.82, 2.24) is 15.1 Å². The van der Waals surface area contributed by atoms with Crippen LogP contribution in [0.25, 0.3) is 0 Å². The molecule has 0 aliphatic carbocycles. The van der Waals surface area contributed by atoms with Gasteiger partial charge in [0.1, 0.15) is 6.04 Å². The van der Waals surface area contributed by atoms with E-state index in [4.69, 9.17) is 0 Å². The first-order valence-electron chi connectivity index (χ1n) is 6.78. The number of rotatable bonds is 2. The second-order valence-electron chi connectivity index (χ2n) is 5.16. The minimum atomic E-state index is -4.12. The van der Waals surface area contributed by atoms with Gasteiger partial charge in [-0.15, -0.1) is 0 Å². The van der Waals surface area contributed by atoms with Gasteiger partial charge in [0.15, 0.2) is 0 Å². The van der Waals surface area contributed by atoms with Gasteiger partial charge >= 0.3 is 6.18 Å². The minimum Gasteiger partial charge on any atom is -0.314 e. The number of halogens is 3. The molecule has 2 fully saturated rings. The van der Waals surface area contributed by atoms with Crippen LogP contribution in [0.2, 0.25) is 0 Å². The second-order valence-corrected chi connectivity index (χ2v) is 5.16. The zero-order valence-corrected chi connectivity index (χ0v) is 10.8. The van der Waals surface area contributed by atoms with Crippen LogP contribution in [-0.2, 0) is 0 Å². The summed E-state index contributed by atoms with van der Waals surface area (Å²) < 4.78 is 39.0. The number of hydrogen-bond donors (Lipinski definition) is 1. The average Bonchev–Trinajstić information content (AvgIpc) is 2.38. The molecule has 0 amide bonds. The van der Waals surface area contributed by atoms with Gasteiger partial charge in [-0.1, -0.05) is 6.92 Å². The van der Waals surface area contributed by atoms with Crippen LogP contribution in [-0.4, -0.2) is 67.3 Å². The van der Waals surface area contributed by atoms with E-state index in [1.165, 1.54) is 0 Å². The molecular formula is C12H22F3N3. The molecule has 106 valence electrons. The Bertz CT molecular complexity index is 262. The zero-order valence-electron chi connectivity index (χ0n) is 10.8. The van der Waals surface area contributed by atoms with E-state index < -0.39 is 12.2 Å². The van der Waals surface area contributed by atoms with Gasteiger partial charge in [-0.3, -0.25) is 4.90 Å². The van der Waals surface area contributed by atoms with Crippen molar-refractivity contribution in [2.45, 2.75) is 38.0 Å². The molecule has 6 heteroatoms. The highest BCUT2D eigenvalue weighted by molar-refractivity contribution is 4.91. The van der Waals surface area contributed by atoms with Crippen LogP contribution in [0.3, 0.4) is 0 Å². The topological polar surface area (TPSA) is 18.5 Å². The van der Waals surface area contributed by atoms with Crippen LogP contribution >= 0.6 is 0 Å². The van der Waals surface area contributed by atoms with Gasteiger partial charge < -0.3 is 10.2 Å². The Hall–Kier alpha value is -0.330. The van der Waals surface area contributed by atoms with Crippen LogP contribution in [0.4, 0.5) is 13.2 Å². The van der Waals surface area contributed by atoms with Crippen molar-refractivity contribution in [3.63, 3.8) is 0 Å². The van der Waals surface area contributed by atoms with Gasteiger partial charge in [-0.25, -0.2) is 0 Å². The summed E-state index contributed by atoms with van der Waals surface area (Å²) in [6.07, 6.45) is -2.39. The van der Waals surface area contributed by atoms with Gasteiger partial charge in [0.2, 0.25) is 0 Å². The number of nitrogens with zero attached hydrogens (tertiary/aromatic N) is 2. The first-order valence-corrected chi connectivity index (χ1v) is 6.78. The minimum absolute atomic E-state index is 0.0392. The van der Waals surface area contributed by atoms with Crippen LogP contribution in [0, 0.1) is 0 Å². The predicted molar refractivity (Wildman–Crippen MR) is 64.6 cm³/mol. The van der Waals surface area contributed by atoms with Crippen molar-refractivity contribution < 1.29 is 13.2 Å². The monoisotopic (exact) mass is 265 g/mol. The molecule has 2 aliphatic heterocycles. The van der Waals surface area contributed by atoms with Gasteiger partial charge in [0.25, 0.3) is 0 Å². The van der Waals surface area contributed by atoms with Gasteiger partial charge in [0, 0.05) is 25.7 Å². The van der Waals surface area contributed by atoms with Crippen LogP contribution < -0.4 is 5.32 Å². The molecule has 0 bridgehead atoms. The Morgan fingerprint density at radius 3 is 2.39 bits per heavy atom. The van der Waals surface area contributed by atoms with E-state index in [1.807, 2.05) is 0 Å². The van der Waals surface area contributed by atoms with E-state index in [9.17, 15) is 13.2 Å². The summed E-state index contributed by atoms with van der Waals surface area (Å²) >= 11 is 0. The Balaban J connectivity index is 1.97. The Kier molecular flexibility index (Phi) is 4.50. The number of hydrogen-bond acceptors (Lipinski definition) is 3. The van der Waals surface area contributed by atoms with Crippen LogP contribution in [0.1, 0.15) is 19.8 Å². The standard InChI is InChI=1S/C12H22F3N3/c1-2-17-6-3-10(4-7-17)18-8-5-16-9-11(18)12(13,14)15/h10-11,16H,2-9H2,1H3. The van der Waals surface area contributed by atoms with E-state index in [2.05, 4.69) is 17.1 Å². The van der Waals surface area contributed by atoms with E-state index >= 15 is 0 Å². The number of likely N-dealkylation sites (tertiary alicyclic amines) is 1. The van der Waals surface area contributed by atoms with Gasteiger partial charge in [0.05, 0.1) is 0 Å². The number of piperidine rings is 1. The highest BCUT2D eigenvalue weighted by Gasteiger charge is 2.46. The SMILES string of the molecule is CCN1CCC(N2CCNCC2C(F)(F)F)CC1. The number of alkyl halides is 3. The zero-order chi connectivity index (χ0) is 13.2. The summed E-state index contributed by atoms with van der Waals surface area (Å²) in [4.78, 5) is 3.99. The van der Waals surface area contributed by atoms with Crippen molar-refractivity contribution >= 4 is 0 Å². The summed E-state index contributed by atoms with van der Waals surface area (Å²) in [5.74, 6) is 0. The molecule has 2 saturated heterocycles. The van der Waals surface area contributed by atoms with Gasteiger partial charge in [-0.2, -0.15) is 13.2 Å². The Morgan fingerprint density at radius 1 is 1.17 bits per heavy atom. The maximum Gasteiger partial charge on any atom is 0.405 e. The number of nitrogens with one attached hydrogen (secondary N) is 1. The van der Waals surface area contributed by atoms with Crippen LogP contribution in [0.5, 0.6) is 0 Å². The lowest BCUT2D eigenvalue weighted by Crippen LogP contribution is -2.62. The highest BCUT2D eigenvalue weighted by Crippen LogP contribution is 2.29. The van der Waals surface area contributed by atoms with Crippen molar-refractivity contribution in [2.24, 2.45) is 0 Å². The quantitative estimate of drug-likeness (QED) is 0.812. The van der Waals surface area contributed by atoms with Crippen LogP contribution in [0.15, 0.2) is 0 Å². The smallest absolute Gasteiger partial charge is 0.314 e. The largest absolute Gasteiger partial charge is 0.405 e. The van der Waals surface area contributed by atoms with E-state index in [-0.39, 0.29) is 12.6 Å². The third-order valence-corrected chi connectivity index (χ3v) is 4.14. The molecule has 0 saturated carbocycles. The van der Waals surface area contributed by atoms with Gasteiger partial charge in [-0.05, 0) is 32.5 Å².